The molecule has 2 rings (SSSR count). The van der Waals surface area contributed by atoms with Crippen molar-refractivity contribution in [2.45, 2.75) is 77.4 Å². The summed E-state index contributed by atoms with van der Waals surface area (Å²) in [6.07, 6.45) is 4.43. The van der Waals surface area contributed by atoms with Crippen LogP contribution in [0, 0.1) is 0 Å². The van der Waals surface area contributed by atoms with Gasteiger partial charge in [-0.15, -0.1) is 0 Å². The summed E-state index contributed by atoms with van der Waals surface area (Å²) >= 11 is 0. The normalized spacial score (nSPS) is 19.6. The molecule has 1 heterocycles. The van der Waals surface area contributed by atoms with Gasteiger partial charge in [0.2, 0.25) is 0 Å². The summed E-state index contributed by atoms with van der Waals surface area (Å²) in [6, 6.07) is 6.24. The third-order valence-corrected chi connectivity index (χ3v) is 5.16. The molecule has 23 heavy (non-hydrogen) atoms. The Balaban J connectivity index is 1.86. The molecular weight excluding hydrogens is 288 g/mol. The Hall–Kier alpha value is -1.22. The molecule has 130 valence electrons. The van der Waals surface area contributed by atoms with Crippen molar-refractivity contribution in [2.75, 3.05) is 13.7 Å². The molecule has 2 unspecified atom stereocenters. The number of methoxy groups -OCH3 is 1. The maximum atomic E-state index is 6.07. The lowest BCUT2D eigenvalue weighted by Crippen LogP contribution is -2.26. The molecule has 2 atom stereocenters. The summed E-state index contributed by atoms with van der Waals surface area (Å²) in [5.41, 5.74) is 1.37. The van der Waals surface area contributed by atoms with Gasteiger partial charge in [-0.2, -0.15) is 0 Å². The number of hydrogen-bond donors (Lipinski definition) is 0. The highest BCUT2D eigenvalue weighted by Gasteiger charge is 2.31. The predicted octanol–water partition coefficient (Wildman–Crippen LogP) is 5.11. The monoisotopic (exact) mass is 320 g/mol. The van der Waals surface area contributed by atoms with Crippen LogP contribution in [0.1, 0.15) is 65.9 Å². The Morgan fingerprint density at radius 2 is 2.09 bits per heavy atom. The van der Waals surface area contributed by atoms with Gasteiger partial charge in [-0.25, -0.2) is 0 Å². The summed E-state index contributed by atoms with van der Waals surface area (Å²) in [5, 5.41) is 0. The molecule has 0 saturated carbocycles. The van der Waals surface area contributed by atoms with Crippen molar-refractivity contribution in [1.82, 2.24) is 0 Å². The van der Waals surface area contributed by atoms with Crippen molar-refractivity contribution in [3.05, 3.63) is 23.8 Å². The van der Waals surface area contributed by atoms with E-state index in [9.17, 15) is 0 Å². The smallest absolute Gasteiger partial charge is 0.126 e. The second-order valence-electron chi connectivity index (χ2n) is 7.66. The largest absolute Gasteiger partial charge is 0.492 e. The molecule has 0 saturated heterocycles. The molecule has 0 bridgehead atoms. The molecule has 1 aliphatic heterocycles. The van der Waals surface area contributed by atoms with E-state index < -0.39 is 0 Å². The van der Waals surface area contributed by atoms with Gasteiger partial charge in [-0.1, -0.05) is 26.8 Å². The van der Waals surface area contributed by atoms with E-state index in [1.807, 2.05) is 6.07 Å². The fraction of sp³-hybridized carbons (Fsp3) is 0.700. The maximum absolute atomic E-state index is 6.07. The van der Waals surface area contributed by atoms with Crippen molar-refractivity contribution >= 4 is 0 Å². The van der Waals surface area contributed by atoms with Crippen molar-refractivity contribution in [3.63, 3.8) is 0 Å². The number of rotatable bonds is 8. The molecule has 0 fully saturated rings. The van der Waals surface area contributed by atoms with E-state index in [1.165, 1.54) is 5.56 Å². The van der Waals surface area contributed by atoms with Gasteiger partial charge >= 0.3 is 0 Å². The van der Waals surface area contributed by atoms with Crippen LogP contribution in [0.5, 0.6) is 11.5 Å². The van der Waals surface area contributed by atoms with Crippen LogP contribution in [-0.2, 0) is 10.2 Å². The zero-order chi connectivity index (χ0) is 17.1. The van der Waals surface area contributed by atoms with E-state index in [2.05, 4.69) is 46.8 Å². The second kappa shape index (κ2) is 7.12. The molecule has 0 amide bonds. The standard InChI is InChI=1S/C20H32O3/c1-7-20(5,21-6)12-8-9-15(2)23-16-10-11-17-18(13-16)22-14-19(17,3)4/h10-11,13,15H,7-9,12,14H2,1-6H3. The molecule has 1 aromatic rings. The van der Waals surface area contributed by atoms with Crippen molar-refractivity contribution < 1.29 is 14.2 Å². The van der Waals surface area contributed by atoms with Gasteiger partial charge in [0.1, 0.15) is 11.5 Å². The summed E-state index contributed by atoms with van der Waals surface area (Å²) in [4.78, 5) is 0. The van der Waals surface area contributed by atoms with Crippen LogP contribution >= 0.6 is 0 Å². The van der Waals surface area contributed by atoms with E-state index in [0.29, 0.717) is 0 Å². The average Bonchev–Trinajstić information content (AvgIpc) is 2.82. The van der Waals surface area contributed by atoms with Crippen molar-refractivity contribution in [3.8, 4) is 11.5 Å². The van der Waals surface area contributed by atoms with E-state index in [-0.39, 0.29) is 17.1 Å². The average molecular weight is 320 g/mol. The van der Waals surface area contributed by atoms with Gasteiger partial charge in [0.15, 0.2) is 0 Å². The summed E-state index contributed by atoms with van der Waals surface area (Å²) in [6.45, 7) is 11.7. The Labute approximate surface area is 141 Å². The SMILES string of the molecule is CCC(C)(CCCC(C)Oc1ccc2c(c1)OCC2(C)C)OC. The summed E-state index contributed by atoms with van der Waals surface area (Å²) in [5.74, 6) is 1.87. The van der Waals surface area contributed by atoms with Gasteiger partial charge < -0.3 is 14.2 Å². The molecular formula is C20H32O3. The first-order chi connectivity index (χ1) is 10.8. The molecule has 0 N–H and O–H groups in total. The minimum absolute atomic E-state index is 0.00723. The van der Waals surface area contributed by atoms with E-state index in [1.54, 1.807) is 7.11 Å². The molecule has 1 aromatic carbocycles. The molecule has 0 aromatic heterocycles. The van der Waals surface area contributed by atoms with Crippen LogP contribution in [0.4, 0.5) is 0 Å². The Kier molecular flexibility index (Phi) is 5.61. The Morgan fingerprint density at radius 1 is 1.35 bits per heavy atom. The molecule has 3 heteroatoms. The lowest BCUT2D eigenvalue weighted by atomic mass is 9.87. The first-order valence-electron chi connectivity index (χ1n) is 8.79. The van der Waals surface area contributed by atoms with Crippen LogP contribution in [0.25, 0.3) is 0 Å². The fourth-order valence-corrected chi connectivity index (χ4v) is 3.07. The predicted molar refractivity (Wildman–Crippen MR) is 94.6 cm³/mol. The quantitative estimate of drug-likeness (QED) is 0.666. The number of hydrogen-bond acceptors (Lipinski definition) is 3. The maximum Gasteiger partial charge on any atom is 0.126 e. The minimum Gasteiger partial charge on any atom is -0.492 e. The van der Waals surface area contributed by atoms with Crippen LogP contribution in [-0.4, -0.2) is 25.4 Å². The van der Waals surface area contributed by atoms with Crippen LogP contribution in [0.15, 0.2) is 18.2 Å². The Bertz CT molecular complexity index is 518. The topological polar surface area (TPSA) is 27.7 Å². The molecule has 0 spiro atoms. The summed E-state index contributed by atoms with van der Waals surface area (Å²) < 4.78 is 17.5. The Morgan fingerprint density at radius 3 is 2.74 bits per heavy atom. The number of benzene rings is 1. The highest BCUT2D eigenvalue weighted by Crippen LogP contribution is 2.40. The molecule has 0 radical (unpaired) electrons. The zero-order valence-corrected chi connectivity index (χ0v) is 15.6. The number of fused-ring (bicyclic) bond motifs is 1. The third-order valence-electron chi connectivity index (χ3n) is 5.16. The van der Waals surface area contributed by atoms with Gasteiger partial charge in [0.05, 0.1) is 18.3 Å². The first-order valence-corrected chi connectivity index (χ1v) is 8.79. The second-order valence-corrected chi connectivity index (χ2v) is 7.66. The zero-order valence-electron chi connectivity index (χ0n) is 15.6. The lowest BCUT2D eigenvalue weighted by molar-refractivity contribution is -0.00768. The van der Waals surface area contributed by atoms with Crippen LogP contribution < -0.4 is 9.47 Å². The third kappa shape index (κ3) is 4.41. The minimum atomic E-state index is -0.00723. The van der Waals surface area contributed by atoms with E-state index >= 15 is 0 Å². The van der Waals surface area contributed by atoms with Crippen molar-refractivity contribution in [2.24, 2.45) is 0 Å². The molecule has 3 nitrogen and oxygen atoms in total. The fourth-order valence-electron chi connectivity index (χ4n) is 3.07. The van der Waals surface area contributed by atoms with Gasteiger partial charge in [0.25, 0.3) is 0 Å². The van der Waals surface area contributed by atoms with Gasteiger partial charge in [-0.05, 0) is 45.6 Å². The van der Waals surface area contributed by atoms with Gasteiger partial charge in [-0.3, -0.25) is 0 Å². The van der Waals surface area contributed by atoms with E-state index in [0.717, 1.165) is 43.8 Å². The van der Waals surface area contributed by atoms with Crippen LogP contribution in [0.3, 0.4) is 0 Å². The molecule has 0 aliphatic carbocycles. The highest BCUT2D eigenvalue weighted by atomic mass is 16.5. The van der Waals surface area contributed by atoms with Gasteiger partial charge in [0, 0.05) is 24.2 Å². The number of ether oxygens (including phenoxy) is 3. The first kappa shape index (κ1) is 18.1. The van der Waals surface area contributed by atoms with Crippen molar-refractivity contribution in [1.29, 1.82) is 0 Å². The summed E-state index contributed by atoms with van der Waals surface area (Å²) in [7, 11) is 1.80. The van der Waals surface area contributed by atoms with E-state index in [4.69, 9.17) is 14.2 Å². The highest BCUT2D eigenvalue weighted by molar-refractivity contribution is 5.47. The molecule has 1 aliphatic rings. The van der Waals surface area contributed by atoms with Crippen LogP contribution in [0.2, 0.25) is 0 Å². The lowest BCUT2D eigenvalue weighted by Gasteiger charge is -2.27.